The molecule has 7 nitrogen and oxygen atoms in total. The Morgan fingerprint density at radius 2 is 1.89 bits per heavy atom. The summed E-state index contributed by atoms with van der Waals surface area (Å²) in [6, 6.07) is 6.41. The van der Waals surface area contributed by atoms with E-state index in [1.54, 1.807) is 7.05 Å². The number of aryl methyl sites for hydroxylation is 2. The van der Waals surface area contributed by atoms with Gasteiger partial charge in [0, 0.05) is 20.0 Å². The van der Waals surface area contributed by atoms with Crippen molar-refractivity contribution < 1.29 is 9.59 Å². The highest BCUT2D eigenvalue weighted by Gasteiger charge is 2.11. The Kier molecular flexibility index (Phi) is 3.37. The average molecular weight is 262 g/mol. The SMILES string of the molecule is Cn1c(=O)n(CCC(=O)NC(N)=O)c2ccccc21. The molecule has 1 aromatic carbocycles. The van der Waals surface area contributed by atoms with Crippen molar-refractivity contribution >= 4 is 23.0 Å². The van der Waals surface area contributed by atoms with Crippen LogP contribution in [0.1, 0.15) is 6.42 Å². The number of fused-ring (bicyclic) bond motifs is 1. The van der Waals surface area contributed by atoms with Gasteiger partial charge in [-0.1, -0.05) is 12.1 Å². The van der Waals surface area contributed by atoms with Crippen molar-refractivity contribution in [1.29, 1.82) is 0 Å². The quantitative estimate of drug-likeness (QED) is 0.809. The molecule has 19 heavy (non-hydrogen) atoms. The second-order valence-electron chi connectivity index (χ2n) is 4.14. The van der Waals surface area contributed by atoms with E-state index in [2.05, 4.69) is 0 Å². The van der Waals surface area contributed by atoms with E-state index < -0.39 is 11.9 Å². The van der Waals surface area contributed by atoms with Crippen molar-refractivity contribution in [3.05, 3.63) is 34.7 Å². The first-order valence-corrected chi connectivity index (χ1v) is 5.74. The van der Waals surface area contributed by atoms with Crippen LogP contribution in [0.15, 0.2) is 29.1 Å². The molecule has 100 valence electrons. The molecule has 7 heteroatoms. The lowest BCUT2D eigenvalue weighted by atomic mass is 10.3. The maximum Gasteiger partial charge on any atom is 0.328 e. The minimum Gasteiger partial charge on any atom is -0.351 e. The third-order valence-electron chi connectivity index (χ3n) is 2.88. The molecule has 0 aliphatic carbocycles. The average Bonchev–Trinajstić information content (AvgIpc) is 2.60. The molecule has 0 aliphatic heterocycles. The normalized spacial score (nSPS) is 10.6. The predicted octanol–water partition coefficient (Wildman–Crippen LogP) is -0.0750. The minimum absolute atomic E-state index is 0.0108. The zero-order valence-electron chi connectivity index (χ0n) is 10.4. The van der Waals surface area contributed by atoms with Gasteiger partial charge in [-0.3, -0.25) is 19.2 Å². The highest BCUT2D eigenvalue weighted by Crippen LogP contribution is 2.11. The van der Waals surface area contributed by atoms with Crippen LogP contribution in [0.3, 0.4) is 0 Å². The second-order valence-corrected chi connectivity index (χ2v) is 4.14. The Hall–Kier alpha value is -2.57. The number of imidazole rings is 1. The fourth-order valence-corrected chi connectivity index (χ4v) is 1.99. The Bertz CT molecular complexity index is 699. The topological polar surface area (TPSA) is 99.1 Å². The number of imide groups is 1. The molecule has 2 aromatic rings. The predicted molar refractivity (Wildman–Crippen MR) is 69.5 cm³/mol. The summed E-state index contributed by atoms with van der Waals surface area (Å²) in [6.07, 6.45) is 0.0108. The number of nitrogens with two attached hydrogens (primary N) is 1. The third kappa shape index (κ3) is 2.49. The number of benzene rings is 1. The molecule has 0 aliphatic rings. The molecule has 3 amide bonds. The van der Waals surface area contributed by atoms with Gasteiger partial charge in [-0.05, 0) is 12.1 Å². The number of carbonyl (C=O) groups is 2. The first kappa shape index (κ1) is 12.9. The van der Waals surface area contributed by atoms with Crippen LogP contribution in [0.5, 0.6) is 0 Å². The van der Waals surface area contributed by atoms with Gasteiger partial charge in [0.05, 0.1) is 11.0 Å². The maximum absolute atomic E-state index is 12.0. The molecule has 0 atom stereocenters. The summed E-state index contributed by atoms with van der Waals surface area (Å²) < 4.78 is 3.01. The van der Waals surface area contributed by atoms with Gasteiger partial charge in [-0.2, -0.15) is 0 Å². The zero-order valence-corrected chi connectivity index (χ0v) is 10.4. The molecule has 0 fully saturated rings. The number of urea groups is 1. The number of para-hydroxylation sites is 2. The first-order valence-electron chi connectivity index (χ1n) is 5.74. The van der Waals surface area contributed by atoms with Gasteiger partial charge in [0.2, 0.25) is 5.91 Å². The van der Waals surface area contributed by atoms with Gasteiger partial charge >= 0.3 is 11.7 Å². The van der Waals surface area contributed by atoms with E-state index in [4.69, 9.17) is 5.73 Å². The van der Waals surface area contributed by atoms with E-state index in [-0.39, 0.29) is 18.7 Å². The lowest BCUT2D eigenvalue weighted by molar-refractivity contribution is -0.120. The van der Waals surface area contributed by atoms with E-state index in [0.29, 0.717) is 0 Å². The van der Waals surface area contributed by atoms with E-state index in [1.807, 2.05) is 29.6 Å². The zero-order chi connectivity index (χ0) is 14.0. The van der Waals surface area contributed by atoms with Crippen molar-refractivity contribution in [2.75, 3.05) is 0 Å². The standard InChI is InChI=1S/C12H14N4O3/c1-15-8-4-2-3-5-9(8)16(12(15)19)7-6-10(17)14-11(13)18/h2-5H,6-7H2,1H3,(H3,13,14,17,18). The van der Waals surface area contributed by atoms with E-state index >= 15 is 0 Å². The van der Waals surface area contributed by atoms with Crippen molar-refractivity contribution in [1.82, 2.24) is 14.5 Å². The van der Waals surface area contributed by atoms with Crippen molar-refractivity contribution in [2.24, 2.45) is 12.8 Å². The highest BCUT2D eigenvalue weighted by atomic mass is 16.2. The molecule has 1 aromatic heterocycles. The molecule has 0 unspecified atom stereocenters. The third-order valence-corrected chi connectivity index (χ3v) is 2.88. The molecule has 3 N–H and O–H groups in total. The molecular weight excluding hydrogens is 248 g/mol. The number of carbonyl (C=O) groups excluding carboxylic acids is 2. The molecular formula is C12H14N4O3. The van der Waals surface area contributed by atoms with Crippen LogP contribution in [0.4, 0.5) is 4.79 Å². The van der Waals surface area contributed by atoms with Crippen LogP contribution in [0.2, 0.25) is 0 Å². The lowest BCUT2D eigenvalue weighted by Gasteiger charge is -2.03. The minimum atomic E-state index is -0.893. The molecule has 1 heterocycles. The van der Waals surface area contributed by atoms with Crippen LogP contribution in [0.25, 0.3) is 11.0 Å². The number of amides is 3. The van der Waals surface area contributed by atoms with Crippen LogP contribution in [-0.4, -0.2) is 21.1 Å². The fourth-order valence-electron chi connectivity index (χ4n) is 1.99. The van der Waals surface area contributed by atoms with Crippen LogP contribution < -0.4 is 16.7 Å². The number of nitrogens with one attached hydrogen (secondary N) is 1. The molecule has 0 saturated carbocycles. The molecule has 0 spiro atoms. The van der Waals surface area contributed by atoms with Gasteiger partial charge in [0.15, 0.2) is 0 Å². The smallest absolute Gasteiger partial charge is 0.328 e. The summed E-state index contributed by atoms with van der Waals surface area (Å²) in [5, 5.41) is 1.97. The summed E-state index contributed by atoms with van der Waals surface area (Å²) in [5.41, 5.74) is 6.19. The fraction of sp³-hybridized carbons (Fsp3) is 0.250. The molecule has 0 radical (unpaired) electrons. The lowest BCUT2D eigenvalue weighted by Crippen LogP contribution is -2.36. The highest BCUT2D eigenvalue weighted by molar-refractivity contribution is 5.93. The second kappa shape index (κ2) is 4.97. The van der Waals surface area contributed by atoms with Crippen LogP contribution >= 0.6 is 0 Å². The number of hydrogen-bond acceptors (Lipinski definition) is 3. The summed E-state index contributed by atoms with van der Waals surface area (Å²) >= 11 is 0. The Morgan fingerprint density at radius 3 is 2.53 bits per heavy atom. The summed E-state index contributed by atoms with van der Waals surface area (Å²) in [4.78, 5) is 33.9. The van der Waals surface area contributed by atoms with Crippen LogP contribution in [-0.2, 0) is 18.4 Å². The monoisotopic (exact) mass is 262 g/mol. The number of hydrogen-bond donors (Lipinski definition) is 2. The van der Waals surface area contributed by atoms with Gasteiger partial charge < -0.3 is 5.73 Å². The van der Waals surface area contributed by atoms with Gasteiger partial charge in [-0.15, -0.1) is 0 Å². The van der Waals surface area contributed by atoms with Crippen molar-refractivity contribution in [3.63, 3.8) is 0 Å². The van der Waals surface area contributed by atoms with E-state index in [1.165, 1.54) is 9.13 Å². The van der Waals surface area contributed by atoms with Crippen LogP contribution in [0, 0.1) is 0 Å². The Labute approximate surface area is 108 Å². The molecule has 0 bridgehead atoms. The van der Waals surface area contributed by atoms with Crippen molar-refractivity contribution in [2.45, 2.75) is 13.0 Å². The number of rotatable bonds is 3. The summed E-state index contributed by atoms with van der Waals surface area (Å²) in [6.45, 7) is 0.194. The number of aromatic nitrogens is 2. The van der Waals surface area contributed by atoms with Crippen molar-refractivity contribution in [3.8, 4) is 0 Å². The number of primary amides is 1. The largest absolute Gasteiger partial charge is 0.351 e. The molecule has 0 saturated heterocycles. The number of nitrogens with zero attached hydrogens (tertiary/aromatic N) is 2. The first-order chi connectivity index (χ1) is 9.00. The van der Waals surface area contributed by atoms with E-state index in [0.717, 1.165) is 11.0 Å². The Balaban J connectivity index is 2.26. The molecule has 2 rings (SSSR count). The summed E-state index contributed by atoms with van der Waals surface area (Å²) in [7, 11) is 1.67. The van der Waals surface area contributed by atoms with Gasteiger partial charge in [0.1, 0.15) is 0 Å². The maximum atomic E-state index is 12.0. The van der Waals surface area contributed by atoms with Gasteiger partial charge in [0.25, 0.3) is 0 Å². The summed E-state index contributed by atoms with van der Waals surface area (Å²) in [5.74, 6) is -0.507. The van der Waals surface area contributed by atoms with Gasteiger partial charge in [-0.25, -0.2) is 9.59 Å². The van der Waals surface area contributed by atoms with E-state index in [9.17, 15) is 14.4 Å². The Morgan fingerprint density at radius 1 is 1.26 bits per heavy atom.